The highest BCUT2D eigenvalue weighted by Crippen LogP contribution is 2.15. The van der Waals surface area contributed by atoms with E-state index in [9.17, 15) is 10.1 Å². The molecule has 1 aliphatic heterocycles. The van der Waals surface area contributed by atoms with Crippen molar-refractivity contribution in [3.63, 3.8) is 0 Å². The van der Waals surface area contributed by atoms with Gasteiger partial charge in [0.1, 0.15) is 5.54 Å². The molecule has 0 radical (unpaired) electrons. The van der Waals surface area contributed by atoms with Gasteiger partial charge in [0.05, 0.1) is 19.2 Å². The van der Waals surface area contributed by atoms with E-state index < -0.39 is 5.54 Å². The summed E-state index contributed by atoms with van der Waals surface area (Å²) in [5, 5.41) is 24.6. The van der Waals surface area contributed by atoms with Crippen LogP contribution in [0.5, 0.6) is 0 Å². The van der Waals surface area contributed by atoms with Gasteiger partial charge in [-0.2, -0.15) is 5.26 Å². The van der Waals surface area contributed by atoms with Crippen LogP contribution in [0.4, 0.5) is 0 Å². The summed E-state index contributed by atoms with van der Waals surface area (Å²) in [4.78, 5) is 14.1. The summed E-state index contributed by atoms with van der Waals surface area (Å²) in [5.74, 6) is -0.131. The van der Waals surface area contributed by atoms with E-state index in [1.165, 1.54) is 0 Å². The minimum Gasteiger partial charge on any atom is -0.395 e. The van der Waals surface area contributed by atoms with Crippen molar-refractivity contribution in [3.8, 4) is 6.07 Å². The molecule has 0 saturated carbocycles. The Labute approximate surface area is 127 Å². The van der Waals surface area contributed by atoms with E-state index in [1.807, 2.05) is 18.7 Å². The molecule has 1 saturated heterocycles. The van der Waals surface area contributed by atoms with Crippen LogP contribution in [0.3, 0.4) is 0 Å². The predicted molar refractivity (Wildman–Crippen MR) is 81.5 cm³/mol. The number of hydrogen-bond acceptors (Lipinski definition) is 5. The van der Waals surface area contributed by atoms with Crippen LogP contribution in [0.25, 0.3) is 0 Å². The normalized spacial score (nSPS) is 21.3. The van der Waals surface area contributed by atoms with E-state index in [1.54, 1.807) is 6.92 Å². The summed E-state index contributed by atoms with van der Waals surface area (Å²) in [6.07, 6.45) is 2.26. The van der Waals surface area contributed by atoms with Crippen LogP contribution in [0.2, 0.25) is 0 Å². The molecule has 2 atom stereocenters. The molecule has 6 heteroatoms. The van der Waals surface area contributed by atoms with Gasteiger partial charge in [0.15, 0.2) is 0 Å². The number of carbonyl (C=O) groups is 1. The minimum absolute atomic E-state index is 0.0275. The number of rotatable bonds is 8. The van der Waals surface area contributed by atoms with Gasteiger partial charge in [-0.25, -0.2) is 0 Å². The molecule has 0 aromatic carbocycles. The lowest BCUT2D eigenvalue weighted by molar-refractivity contribution is -0.124. The summed E-state index contributed by atoms with van der Waals surface area (Å²) in [5.41, 5.74) is -0.854. The number of nitriles is 1. The van der Waals surface area contributed by atoms with E-state index in [0.29, 0.717) is 12.6 Å². The Bertz CT molecular complexity index is 374. The zero-order chi connectivity index (χ0) is 15.9. The van der Waals surface area contributed by atoms with Gasteiger partial charge in [0.25, 0.3) is 0 Å². The lowest BCUT2D eigenvalue weighted by atomic mass is 9.90. The maximum atomic E-state index is 12.2. The van der Waals surface area contributed by atoms with Crippen LogP contribution in [0, 0.1) is 17.2 Å². The number of nitrogens with one attached hydrogen (secondary N) is 2. The van der Waals surface area contributed by atoms with Crippen molar-refractivity contribution in [3.05, 3.63) is 0 Å². The molecule has 1 fully saturated rings. The molecule has 1 rings (SSSR count). The van der Waals surface area contributed by atoms with Crippen LogP contribution < -0.4 is 10.6 Å². The number of aliphatic hydroxyl groups excluding tert-OH is 1. The predicted octanol–water partition coefficient (Wildman–Crippen LogP) is 0.0872. The highest BCUT2D eigenvalue weighted by molar-refractivity contribution is 5.79. The van der Waals surface area contributed by atoms with E-state index >= 15 is 0 Å². The number of aliphatic hydroxyl groups is 1. The van der Waals surface area contributed by atoms with Gasteiger partial charge < -0.3 is 15.7 Å². The molecule has 1 heterocycles. The maximum Gasteiger partial charge on any atom is 0.235 e. The van der Waals surface area contributed by atoms with Gasteiger partial charge in [-0.1, -0.05) is 13.8 Å². The molecule has 0 aromatic rings. The SMILES string of the molecule is CC(C)C(C)(C#N)NC(=O)CN(CCO)CC1CCCN1. The van der Waals surface area contributed by atoms with Gasteiger partial charge in [-0.3, -0.25) is 9.69 Å². The van der Waals surface area contributed by atoms with Crippen LogP contribution in [-0.4, -0.2) is 60.3 Å². The Morgan fingerprint density at radius 1 is 1.62 bits per heavy atom. The Morgan fingerprint density at radius 2 is 2.33 bits per heavy atom. The monoisotopic (exact) mass is 296 g/mol. The minimum atomic E-state index is -0.854. The second-order valence-electron chi connectivity index (χ2n) is 6.27. The first-order chi connectivity index (χ1) is 9.91. The molecular weight excluding hydrogens is 268 g/mol. The molecule has 0 aromatic heterocycles. The van der Waals surface area contributed by atoms with Gasteiger partial charge in [0.2, 0.25) is 5.91 Å². The molecule has 2 unspecified atom stereocenters. The topological polar surface area (TPSA) is 88.4 Å². The van der Waals surface area contributed by atoms with Crippen molar-refractivity contribution in [2.24, 2.45) is 5.92 Å². The van der Waals surface area contributed by atoms with Crippen LogP contribution in [-0.2, 0) is 4.79 Å². The molecule has 0 spiro atoms. The molecule has 0 aliphatic carbocycles. The first-order valence-electron chi connectivity index (χ1n) is 7.70. The third-order valence-electron chi connectivity index (χ3n) is 4.21. The van der Waals surface area contributed by atoms with Crippen molar-refractivity contribution in [2.45, 2.75) is 45.2 Å². The number of hydrogen-bond donors (Lipinski definition) is 3. The zero-order valence-electron chi connectivity index (χ0n) is 13.4. The first-order valence-corrected chi connectivity index (χ1v) is 7.70. The second kappa shape index (κ2) is 8.32. The zero-order valence-corrected chi connectivity index (χ0v) is 13.4. The van der Waals surface area contributed by atoms with Gasteiger partial charge in [-0.15, -0.1) is 0 Å². The fraction of sp³-hybridized carbons (Fsp3) is 0.867. The highest BCUT2D eigenvalue weighted by Gasteiger charge is 2.30. The molecule has 6 nitrogen and oxygen atoms in total. The lowest BCUT2D eigenvalue weighted by Gasteiger charge is -2.30. The summed E-state index contributed by atoms with van der Waals surface area (Å²) in [6.45, 7) is 8.04. The smallest absolute Gasteiger partial charge is 0.235 e. The van der Waals surface area contributed by atoms with Crippen LogP contribution in [0.1, 0.15) is 33.6 Å². The van der Waals surface area contributed by atoms with E-state index in [0.717, 1.165) is 25.9 Å². The molecular formula is C15H28N4O2. The third kappa shape index (κ3) is 5.62. The first kappa shape index (κ1) is 17.9. The number of amides is 1. The molecule has 120 valence electrons. The van der Waals surface area contributed by atoms with Crippen molar-refractivity contribution in [1.82, 2.24) is 15.5 Å². The van der Waals surface area contributed by atoms with E-state index in [4.69, 9.17) is 5.11 Å². The largest absolute Gasteiger partial charge is 0.395 e. The Hall–Kier alpha value is -1.16. The van der Waals surface area contributed by atoms with Crippen molar-refractivity contribution in [2.75, 3.05) is 32.8 Å². The number of carbonyl (C=O) groups excluding carboxylic acids is 1. The standard InChI is InChI=1S/C15H28N4O2/c1-12(2)15(3,11-16)18-14(21)10-19(7-8-20)9-13-5-4-6-17-13/h12-13,17,20H,4-10H2,1-3H3,(H,18,21). The Kier molecular flexibility index (Phi) is 7.09. The maximum absolute atomic E-state index is 12.2. The van der Waals surface area contributed by atoms with Gasteiger partial charge >= 0.3 is 0 Å². The summed E-state index contributed by atoms with van der Waals surface area (Å²) in [7, 11) is 0. The van der Waals surface area contributed by atoms with Crippen LogP contribution in [0.15, 0.2) is 0 Å². The highest BCUT2D eigenvalue weighted by atomic mass is 16.3. The molecule has 21 heavy (non-hydrogen) atoms. The fourth-order valence-corrected chi connectivity index (χ4v) is 2.43. The van der Waals surface area contributed by atoms with Gasteiger partial charge in [-0.05, 0) is 32.2 Å². The van der Waals surface area contributed by atoms with Crippen molar-refractivity contribution < 1.29 is 9.90 Å². The van der Waals surface area contributed by atoms with Crippen molar-refractivity contribution >= 4 is 5.91 Å². The van der Waals surface area contributed by atoms with Crippen molar-refractivity contribution in [1.29, 1.82) is 5.26 Å². The lowest BCUT2D eigenvalue weighted by Crippen LogP contribution is -2.53. The average Bonchev–Trinajstić information content (AvgIpc) is 2.91. The summed E-state index contributed by atoms with van der Waals surface area (Å²) >= 11 is 0. The molecule has 3 N–H and O–H groups in total. The van der Waals surface area contributed by atoms with Gasteiger partial charge in [0, 0.05) is 19.1 Å². The quantitative estimate of drug-likeness (QED) is 0.591. The second-order valence-corrected chi connectivity index (χ2v) is 6.27. The Balaban J connectivity index is 2.53. The fourth-order valence-electron chi connectivity index (χ4n) is 2.43. The number of nitrogens with zero attached hydrogens (tertiary/aromatic N) is 2. The summed E-state index contributed by atoms with van der Waals surface area (Å²) < 4.78 is 0. The third-order valence-corrected chi connectivity index (χ3v) is 4.21. The Morgan fingerprint density at radius 3 is 2.81 bits per heavy atom. The molecule has 0 bridgehead atoms. The molecule has 1 amide bonds. The van der Waals surface area contributed by atoms with Crippen LogP contribution >= 0.6 is 0 Å². The average molecular weight is 296 g/mol. The van der Waals surface area contributed by atoms with E-state index in [-0.39, 0.29) is 25.0 Å². The molecule has 1 aliphatic rings. The van der Waals surface area contributed by atoms with E-state index in [2.05, 4.69) is 16.7 Å². The summed E-state index contributed by atoms with van der Waals surface area (Å²) in [6, 6.07) is 2.56.